The van der Waals surface area contributed by atoms with Crippen LogP contribution in [0.2, 0.25) is 0 Å². The summed E-state index contributed by atoms with van der Waals surface area (Å²) >= 11 is 6.14. The van der Waals surface area contributed by atoms with Crippen LogP contribution < -0.4 is 5.73 Å². The van der Waals surface area contributed by atoms with E-state index < -0.39 is 11.1 Å². The summed E-state index contributed by atoms with van der Waals surface area (Å²) in [6, 6.07) is 0. The van der Waals surface area contributed by atoms with Crippen LogP contribution >= 0.6 is 11.6 Å². The molecule has 2 atom stereocenters. The molecule has 0 aromatic heterocycles. The molecule has 1 aliphatic rings. The molecule has 2 N–H and O–H groups in total. The van der Waals surface area contributed by atoms with Gasteiger partial charge in [-0.3, -0.25) is 0 Å². The van der Waals surface area contributed by atoms with Crippen LogP contribution in [-0.2, 0) is 9.47 Å². The Kier molecular flexibility index (Phi) is 4.05. The van der Waals surface area contributed by atoms with Crippen LogP contribution in [0.25, 0.3) is 0 Å². The molecule has 0 aliphatic heterocycles. The van der Waals surface area contributed by atoms with Crippen molar-refractivity contribution in [2.45, 2.75) is 37.8 Å². The average Bonchev–Trinajstić information content (AvgIpc) is 2.31. The molecule has 1 rings (SSSR count). The number of hydrogen-bond donors (Lipinski definition) is 1. The lowest BCUT2D eigenvalue weighted by Crippen LogP contribution is -2.60. The highest BCUT2D eigenvalue weighted by Crippen LogP contribution is 2.40. The smallest absolute Gasteiger partial charge is 0.135 e. The molecule has 0 fully saturated rings. The summed E-state index contributed by atoms with van der Waals surface area (Å²) in [7, 11) is 3.25. The molecule has 0 saturated heterocycles. The van der Waals surface area contributed by atoms with Crippen LogP contribution in [0, 0.1) is 0 Å². The number of halogens is 1. The summed E-state index contributed by atoms with van der Waals surface area (Å²) in [5.74, 6) is 0.618. The minimum absolute atomic E-state index is 0.555. The van der Waals surface area contributed by atoms with E-state index in [1.165, 1.54) is 0 Å². The number of nitrogens with two attached hydrogens (primary N) is 1. The summed E-state index contributed by atoms with van der Waals surface area (Å²) in [5, 5.41) is 0.556. The molecule has 3 nitrogen and oxygen atoms in total. The normalized spacial score (nSPS) is 34.4. The number of hydrogen-bond acceptors (Lipinski definition) is 3. The maximum absolute atomic E-state index is 6.40. The van der Waals surface area contributed by atoms with Gasteiger partial charge in [0.1, 0.15) is 11.4 Å². The Hall–Kier alpha value is -0.510. The maximum atomic E-state index is 6.40. The Balaban J connectivity index is 3.27. The first-order chi connectivity index (χ1) is 7.48. The van der Waals surface area contributed by atoms with Crippen molar-refractivity contribution in [3.8, 4) is 0 Å². The quantitative estimate of drug-likeness (QED) is 0.828. The molecule has 1 aliphatic carbocycles. The van der Waals surface area contributed by atoms with Crippen molar-refractivity contribution >= 4 is 11.6 Å². The minimum atomic E-state index is -0.583. The van der Waals surface area contributed by atoms with Gasteiger partial charge in [0.05, 0.1) is 17.7 Å². The fraction of sp³-hybridized carbons (Fsp3) is 0.667. The summed E-state index contributed by atoms with van der Waals surface area (Å²) < 4.78 is 10.8. The van der Waals surface area contributed by atoms with E-state index in [-0.39, 0.29) is 0 Å². The first kappa shape index (κ1) is 13.6. The predicted molar refractivity (Wildman–Crippen MR) is 66.3 cm³/mol. The highest BCUT2D eigenvalue weighted by Gasteiger charge is 2.47. The Morgan fingerprint density at radius 3 is 2.25 bits per heavy atom. The molecular weight excluding hydrogens is 226 g/mol. The number of rotatable bonds is 4. The Morgan fingerprint density at radius 1 is 1.25 bits per heavy atom. The van der Waals surface area contributed by atoms with Gasteiger partial charge < -0.3 is 15.2 Å². The molecule has 0 saturated carbocycles. The molecule has 4 heteroatoms. The fourth-order valence-corrected chi connectivity index (χ4v) is 2.53. The molecule has 0 heterocycles. The van der Waals surface area contributed by atoms with E-state index in [4.69, 9.17) is 26.8 Å². The summed E-state index contributed by atoms with van der Waals surface area (Å²) in [6.07, 6.45) is 5.24. The molecular formula is C12H20ClNO2. The molecule has 92 valence electrons. The lowest BCUT2D eigenvalue weighted by molar-refractivity contribution is -0.0240. The second kappa shape index (κ2) is 4.78. The van der Waals surface area contributed by atoms with Gasteiger partial charge in [0.2, 0.25) is 0 Å². The summed E-state index contributed by atoms with van der Waals surface area (Å²) in [6.45, 7) is 4.06. The summed E-state index contributed by atoms with van der Waals surface area (Å²) in [4.78, 5) is 0. The van der Waals surface area contributed by atoms with E-state index in [2.05, 4.69) is 0 Å². The van der Waals surface area contributed by atoms with Crippen LogP contribution in [-0.4, -0.2) is 25.4 Å². The lowest BCUT2D eigenvalue weighted by Gasteiger charge is -2.45. The molecule has 16 heavy (non-hydrogen) atoms. The van der Waals surface area contributed by atoms with Crippen molar-refractivity contribution in [2.24, 2.45) is 5.73 Å². The average molecular weight is 246 g/mol. The third kappa shape index (κ3) is 1.88. The van der Waals surface area contributed by atoms with Crippen LogP contribution in [0.4, 0.5) is 0 Å². The zero-order chi connectivity index (χ0) is 12.4. The second-order valence-electron chi connectivity index (χ2n) is 4.05. The Bertz CT molecular complexity index is 321. The molecule has 2 unspecified atom stereocenters. The van der Waals surface area contributed by atoms with Crippen molar-refractivity contribution < 1.29 is 9.47 Å². The largest absolute Gasteiger partial charge is 0.495 e. The monoisotopic (exact) mass is 245 g/mol. The highest BCUT2D eigenvalue weighted by atomic mass is 35.5. The number of methoxy groups -OCH3 is 2. The highest BCUT2D eigenvalue weighted by molar-refractivity contribution is 6.32. The van der Waals surface area contributed by atoms with Crippen LogP contribution in [0.1, 0.15) is 26.7 Å². The zero-order valence-corrected chi connectivity index (χ0v) is 11.1. The van der Waals surface area contributed by atoms with Gasteiger partial charge in [-0.05, 0) is 25.0 Å². The minimum Gasteiger partial charge on any atom is -0.495 e. The van der Waals surface area contributed by atoms with Gasteiger partial charge in [0, 0.05) is 7.11 Å². The van der Waals surface area contributed by atoms with Gasteiger partial charge >= 0.3 is 0 Å². The molecule has 0 radical (unpaired) electrons. The van der Waals surface area contributed by atoms with Gasteiger partial charge in [-0.25, -0.2) is 0 Å². The van der Waals surface area contributed by atoms with Crippen molar-refractivity contribution in [1.82, 2.24) is 0 Å². The van der Waals surface area contributed by atoms with E-state index in [0.29, 0.717) is 10.8 Å². The Labute approximate surface area is 102 Å². The van der Waals surface area contributed by atoms with Gasteiger partial charge in [0.25, 0.3) is 0 Å². The van der Waals surface area contributed by atoms with Crippen LogP contribution in [0.15, 0.2) is 22.9 Å². The zero-order valence-electron chi connectivity index (χ0n) is 10.3. The van der Waals surface area contributed by atoms with Gasteiger partial charge in [-0.1, -0.05) is 25.4 Å². The third-order valence-electron chi connectivity index (χ3n) is 3.47. The van der Waals surface area contributed by atoms with Crippen molar-refractivity contribution in [3.05, 3.63) is 22.9 Å². The van der Waals surface area contributed by atoms with E-state index >= 15 is 0 Å². The predicted octanol–water partition coefficient (Wildman–Crippen LogP) is 2.56. The second-order valence-corrected chi connectivity index (χ2v) is 4.45. The molecule has 0 aromatic rings. The van der Waals surface area contributed by atoms with Crippen LogP contribution in [0.5, 0.6) is 0 Å². The van der Waals surface area contributed by atoms with E-state index in [0.717, 1.165) is 12.8 Å². The van der Waals surface area contributed by atoms with E-state index in [1.807, 2.05) is 26.0 Å². The third-order valence-corrected chi connectivity index (χ3v) is 3.76. The van der Waals surface area contributed by atoms with Gasteiger partial charge in [-0.2, -0.15) is 0 Å². The van der Waals surface area contributed by atoms with Gasteiger partial charge in [0.15, 0.2) is 0 Å². The fourth-order valence-electron chi connectivity index (χ4n) is 2.22. The van der Waals surface area contributed by atoms with Crippen molar-refractivity contribution in [1.29, 1.82) is 0 Å². The van der Waals surface area contributed by atoms with E-state index in [1.54, 1.807) is 14.2 Å². The van der Waals surface area contributed by atoms with E-state index in [9.17, 15) is 0 Å². The van der Waals surface area contributed by atoms with Gasteiger partial charge in [-0.15, -0.1) is 0 Å². The summed E-state index contributed by atoms with van der Waals surface area (Å²) in [5.41, 5.74) is 5.26. The molecule has 0 bridgehead atoms. The Morgan fingerprint density at radius 2 is 1.88 bits per heavy atom. The topological polar surface area (TPSA) is 44.5 Å². The molecule has 0 aromatic carbocycles. The number of ether oxygens (including phenoxy) is 2. The molecule has 0 amide bonds. The number of allylic oxidation sites excluding steroid dienone is 1. The first-order valence-electron chi connectivity index (χ1n) is 5.48. The SMILES string of the molecule is CCC1(N)C=C(OC)C(Cl)=CC1(CC)OC. The maximum Gasteiger partial charge on any atom is 0.135 e. The van der Waals surface area contributed by atoms with Crippen LogP contribution in [0.3, 0.4) is 0 Å². The first-order valence-corrected chi connectivity index (χ1v) is 5.86. The molecule has 0 spiro atoms. The lowest BCUT2D eigenvalue weighted by atomic mass is 9.73. The standard InChI is InChI=1S/C12H20ClNO2/c1-5-11(14)8-10(15-3)9(13)7-12(11,6-2)16-4/h7-8H,5-6,14H2,1-4H3. The van der Waals surface area contributed by atoms with Crippen molar-refractivity contribution in [3.63, 3.8) is 0 Å². The van der Waals surface area contributed by atoms with Crippen molar-refractivity contribution in [2.75, 3.05) is 14.2 Å².